The number of hydrogen-bond acceptors (Lipinski definition) is 5. The number of aromatic nitrogens is 1. The van der Waals surface area contributed by atoms with E-state index in [-0.39, 0.29) is 30.1 Å². The van der Waals surface area contributed by atoms with E-state index in [1.165, 1.54) is 29.3 Å². The summed E-state index contributed by atoms with van der Waals surface area (Å²) in [6, 6.07) is 16.3. The Labute approximate surface area is 215 Å². The number of carbonyl (C=O) groups excluding carboxylic acids is 2. The largest absolute Gasteiger partial charge is 0.454 e. The molecule has 0 saturated carbocycles. The van der Waals surface area contributed by atoms with E-state index in [1.54, 1.807) is 18.0 Å². The van der Waals surface area contributed by atoms with E-state index in [0.717, 1.165) is 37.6 Å². The van der Waals surface area contributed by atoms with Gasteiger partial charge >= 0.3 is 12.1 Å². The third-order valence-corrected chi connectivity index (χ3v) is 6.26. The number of amides is 3. The summed E-state index contributed by atoms with van der Waals surface area (Å²) in [5.41, 5.74) is 1.07. The summed E-state index contributed by atoms with van der Waals surface area (Å²) in [4.78, 5) is 32.1. The Balaban J connectivity index is 1.31. The van der Waals surface area contributed by atoms with Crippen LogP contribution in [0, 0.1) is 5.82 Å². The van der Waals surface area contributed by atoms with Crippen molar-refractivity contribution < 1.29 is 28.4 Å². The first-order chi connectivity index (χ1) is 17.9. The second-order valence-corrected chi connectivity index (χ2v) is 9.04. The molecule has 1 saturated heterocycles. The maximum Gasteiger partial charge on any atom is 0.411 e. The first kappa shape index (κ1) is 25.9. The molecule has 3 amide bonds. The Hall–Kier alpha value is -4.18. The second kappa shape index (κ2) is 12.2. The van der Waals surface area contributed by atoms with Gasteiger partial charge in [0.15, 0.2) is 11.6 Å². The van der Waals surface area contributed by atoms with Crippen LogP contribution < -0.4 is 20.3 Å². The van der Waals surface area contributed by atoms with Gasteiger partial charge in [0, 0.05) is 49.9 Å². The molecule has 10 heteroatoms. The molecular formula is C27H31FN5O4+. The van der Waals surface area contributed by atoms with E-state index in [2.05, 4.69) is 22.7 Å². The summed E-state index contributed by atoms with van der Waals surface area (Å²) >= 11 is 0. The average molecular weight is 509 g/mol. The Morgan fingerprint density at radius 2 is 1.84 bits per heavy atom. The van der Waals surface area contributed by atoms with E-state index in [4.69, 9.17) is 9.47 Å². The van der Waals surface area contributed by atoms with E-state index < -0.39 is 11.9 Å². The molecule has 0 radical (unpaired) electrons. The van der Waals surface area contributed by atoms with Gasteiger partial charge in [-0.05, 0) is 23.8 Å². The van der Waals surface area contributed by atoms with Crippen molar-refractivity contribution >= 4 is 23.6 Å². The zero-order valence-corrected chi connectivity index (χ0v) is 20.9. The maximum atomic E-state index is 14.7. The monoisotopic (exact) mass is 508 g/mol. The number of likely N-dealkylation sites (tertiary alicyclic amines) is 1. The molecule has 1 aliphatic heterocycles. The Morgan fingerprint density at radius 3 is 2.57 bits per heavy atom. The number of rotatable bonds is 7. The minimum atomic E-state index is -0.696. The van der Waals surface area contributed by atoms with Crippen LogP contribution in [0.3, 0.4) is 0 Å². The molecule has 0 spiro atoms. The highest BCUT2D eigenvalue weighted by Gasteiger charge is 2.26. The first-order valence-electron chi connectivity index (χ1n) is 12.1. The fraction of sp³-hybridized carbons (Fsp3) is 0.296. The highest BCUT2D eigenvalue weighted by atomic mass is 19.1. The summed E-state index contributed by atoms with van der Waals surface area (Å²) in [6.07, 6.45) is 2.67. The van der Waals surface area contributed by atoms with Crippen LogP contribution in [0.1, 0.15) is 18.4 Å². The van der Waals surface area contributed by atoms with Gasteiger partial charge in [0.25, 0.3) is 0 Å². The van der Waals surface area contributed by atoms with Crippen molar-refractivity contribution in [2.45, 2.75) is 25.5 Å². The summed E-state index contributed by atoms with van der Waals surface area (Å²) in [5, 5.41) is 5.27. The molecule has 1 aliphatic rings. The van der Waals surface area contributed by atoms with Crippen LogP contribution in [0.25, 0.3) is 0 Å². The van der Waals surface area contributed by atoms with Gasteiger partial charge in [0.1, 0.15) is 18.2 Å². The number of piperidine rings is 1. The van der Waals surface area contributed by atoms with Gasteiger partial charge in [-0.3, -0.25) is 10.6 Å². The number of pyridine rings is 1. The molecule has 194 valence electrons. The Morgan fingerprint density at radius 1 is 1.08 bits per heavy atom. The van der Waals surface area contributed by atoms with Gasteiger partial charge in [-0.25, -0.2) is 19.0 Å². The smallest absolute Gasteiger partial charge is 0.411 e. The van der Waals surface area contributed by atoms with Gasteiger partial charge in [-0.15, -0.1) is 0 Å². The lowest BCUT2D eigenvalue weighted by atomic mass is 10.0. The molecule has 4 rings (SSSR count). The van der Waals surface area contributed by atoms with Crippen molar-refractivity contribution in [2.24, 2.45) is 0 Å². The van der Waals surface area contributed by atoms with Gasteiger partial charge in [0.05, 0.1) is 20.1 Å². The van der Waals surface area contributed by atoms with Crippen LogP contribution >= 0.6 is 0 Å². The lowest BCUT2D eigenvalue weighted by molar-refractivity contribution is -0.885. The molecule has 3 N–H and O–H groups in total. The number of nitrogens with one attached hydrogen (secondary N) is 3. The molecule has 1 fully saturated rings. The third-order valence-electron chi connectivity index (χ3n) is 6.26. The Bertz CT molecular complexity index is 1220. The van der Waals surface area contributed by atoms with E-state index in [1.807, 2.05) is 30.3 Å². The van der Waals surface area contributed by atoms with Crippen molar-refractivity contribution in [1.29, 1.82) is 0 Å². The summed E-state index contributed by atoms with van der Waals surface area (Å²) in [6.45, 7) is 2.16. The summed E-state index contributed by atoms with van der Waals surface area (Å²) in [5.74, 6) is -0.115. The van der Waals surface area contributed by atoms with Crippen LogP contribution in [0.2, 0.25) is 0 Å². The van der Waals surface area contributed by atoms with Crippen LogP contribution in [-0.4, -0.2) is 55.2 Å². The molecule has 9 nitrogen and oxygen atoms in total. The number of halogens is 1. The molecular weight excluding hydrogens is 477 g/mol. The highest BCUT2D eigenvalue weighted by Crippen LogP contribution is 2.28. The first-order valence-corrected chi connectivity index (χ1v) is 12.1. The average Bonchev–Trinajstić information content (AvgIpc) is 2.90. The molecule has 37 heavy (non-hydrogen) atoms. The van der Waals surface area contributed by atoms with Gasteiger partial charge in [-0.1, -0.05) is 30.3 Å². The van der Waals surface area contributed by atoms with Crippen molar-refractivity contribution in [1.82, 2.24) is 9.88 Å². The number of ether oxygens (including phenoxy) is 2. The van der Waals surface area contributed by atoms with E-state index in [0.29, 0.717) is 11.6 Å². The Kier molecular flexibility index (Phi) is 8.52. The topological polar surface area (TPSA) is 97.2 Å². The zero-order valence-electron chi connectivity index (χ0n) is 20.9. The molecule has 1 aromatic heterocycles. The van der Waals surface area contributed by atoms with Crippen molar-refractivity contribution in [3.63, 3.8) is 0 Å². The number of anilines is 2. The SMILES string of the molecule is CN(C(=O)Nc1cc(Oc2ccc(NC(=O)OCc3ccccc3)cc2F)ccn1)C1CC[NH+](C)CC1. The number of carbonyl (C=O) groups is 2. The fourth-order valence-electron chi connectivity index (χ4n) is 4.05. The van der Waals surface area contributed by atoms with Crippen LogP contribution in [0.4, 0.5) is 25.5 Å². The van der Waals surface area contributed by atoms with E-state index in [9.17, 15) is 14.0 Å². The number of hydrogen-bond donors (Lipinski definition) is 3. The summed E-state index contributed by atoms with van der Waals surface area (Å²) in [7, 11) is 3.93. The number of nitrogens with zero attached hydrogens (tertiary/aromatic N) is 2. The molecule has 0 atom stereocenters. The molecule has 3 aromatic rings. The minimum absolute atomic E-state index is 0.0439. The quantitative estimate of drug-likeness (QED) is 0.450. The molecule has 0 unspecified atom stereocenters. The van der Waals surface area contributed by atoms with Crippen LogP contribution in [0.5, 0.6) is 11.5 Å². The van der Waals surface area contributed by atoms with Crippen LogP contribution in [0.15, 0.2) is 66.9 Å². The fourth-order valence-corrected chi connectivity index (χ4v) is 4.05. The predicted octanol–water partition coefficient (Wildman–Crippen LogP) is 3.90. The molecule has 0 bridgehead atoms. The van der Waals surface area contributed by atoms with Gasteiger partial charge in [-0.2, -0.15) is 0 Å². The number of quaternary nitrogens is 1. The van der Waals surface area contributed by atoms with Crippen molar-refractivity contribution in [2.75, 3.05) is 37.8 Å². The molecule has 0 aliphatic carbocycles. The van der Waals surface area contributed by atoms with Crippen molar-refractivity contribution in [3.8, 4) is 11.5 Å². The number of urea groups is 1. The standard InChI is InChI=1S/C27H30FN5O4/c1-32-14-11-21(12-15-32)33(2)26(34)31-25-17-22(10-13-29-25)37-24-9-8-20(16-23(24)28)30-27(35)36-18-19-6-4-3-5-7-19/h3-10,13,16-17,21H,11-12,14-15,18H2,1-2H3,(H,30,35)(H,29,31,34)/p+1. The summed E-state index contributed by atoms with van der Waals surface area (Å²) < 4.78 is 25.5. The molecule has 2 heterocycles. The van der Waals surface area contributed by atoms with Gasteiger partial charge < -0.3 is 19.3 Å². The zero-order chi connectivity index (χ0) is 26.2. The lowest BCUT2D eigenvalue weighted by Crippen LogP contribution is -3.10. The maximum absolute atomic E-state index is 14.7. The van der Waals surface area contributed by atoms with Crippen LogP contribution in [-0.2, 0) is 11.3 Å². The third kappa shape index (κ3) is 7.40. The van der Waals surface area contributed by atoms with E-state index >= 15 is 0 Å². The highest BCUT2D eigenvalue weighted by molar-refractivity contribution is 5.88. The lowest BCUT2D eigenvalue weighted by Gasteiger charge is -2.33. The number of benzene rings is 2. The van der Waals surface area contributed by atoms with Gasteiger partial charge in [0.2, 0.25) is 0 Å². The minimum Gasteiger partial charge on any atom is -0.454 e. The molecule has 2 aromatic carbocycles. The normalized spacial score (nSPS) is 16.9. The van der Waals surface area contributed by atoms with Crippen molar-refractivity contribution in [3.05, 3.63) is 78.2 Å². The second-order valence-electron chi connectivity index (χ2n) is 9.04. The predicted molar refractivity (Wildman–Crippen MR) is 137 cm³/mol.